The highest BCUT2D eigenvalue weighted by Gasteiger charge is 2.13. The van der Waals surface area contributed by atoms with Gasteiger partial charge in [-0.05, 0) is 30.7 Å². The number of unbranched alkanes of at least 4 members (excludes halogenated alkanes) is 3. The van der Waals surface area contributed by atoms with Gasteiger partial charge in [0.25, 0.3) is 0 Å². The Bertz CT molecular complexity index is 474. The SMILES string of the molecule is C=C(CC(=O)CCCCCC)C(=O)c1ccc(Br)cc1. The first kappa shape index (κ1) is 16.8. The molecule has 0 fully saturated rings. The molecule has 0 N–H and O–H groups in total. The molecule has 0 radical (unpaired) electrons. The minimum absolute atomic E-state index is 0.108. The van der Waals surface area contributed by atoms with Gasteiger partial charge < -0.3 is 0 Å². The molecule has 0 bridgehead atoms. The number of benzene rings is 1. The molecule has 0 saturated carbocycles. The third-order valence-electron chi connectivity index (χ3n) is 3.15. The van der Waals surface area contributed by atoms with Crippen molar-refractivity contribution in [1.82, 2.24) is 0 Å². The van der Waals surface area contributed by atoms with Gasteiger partial charge in [-0.15, -0.1) is 0 Å². The summed E-state index contributed by atoms with van der Waals surface area (Å²) in [5, 5.41) is 0. The van der Waals surface area contributed by atoms with Crippen molar-refractivity contribution in [1.29, 1.82) is 0 Å². The van der Waals surface area contributed by atoms with Crippen LogP contribution < -0.4 is 0 Å². The lowest BCUT2D eigenvalue weighted by molar-refractivity contribution is -0.118. The standard InChI is InChI=1S/C17H21BrO2/c1-3-4-5-6-7-16(19)12-13(2)17(20)14-8-10-15(18)11-9-14/h8-11H,2-7,12H2,1H3. The van der Waals surface area contributed by atoms with Crippen molar-refractivity contribution in [2.45, 2.75) is 45.4 Å². The van der Waals surface area contributed by atoms with Crippen LogP contribution in [-0.4, -0.2) is 11.6 Å². The van der Waals surface area contributed by atoms with Crippen molar-refractivity contribution in [2.24, 2.45) is 0 Å². The third kappa shape index (κ3) is 5.83. The number of allylic oxidation sites excluding steroid dienone is 1. The monoisotopic (exact) mass is 336 g/mol. The van der Waals surface area contributed by atoms with E-state index in [1.54, 1.807) is 12.1 Å². The van der Waals surface area contributed by atoms with Crippen LogP contribution >= 0.6 is 15.9 Å². The number of Topliss-reactive ketones (excluding diaryl/α,β-unsaturated/α-hetero) is 2. The molecule has 0 aliphatic rings. The Morgan fingerprint density at radius 3 is 2.35 bits per heavy atom. The number of hydrogen-bond donors (Lipinski definition) is 0. The fraction of sp³-hybridized carbons (Fsp3) is 0.412. The van der Waals surface area contributed by atoms with Crippen LogP contribution in [0.2, 0.25) is 0 Å². The summed E-state index contributed by atoms with van der Waals surface area (Å²) in [6, 6.07) is 7.10. The lowest BCUT2D eigenvalue weighted by Crippen LogP contribution is -2.08. The molecule has 0 heterocycles. The van der Waals surface area contributed by atoms with Gasteiger partial charge in [0.1, 0.15) is 5.78 Å². The average Bonchev–Trinajstić information content (AvgIpc) is 2.43. The van der Waals surface area contributed by atoms with Crippen LogP contribution in [0.5, 0.6) is 0 Å². The van der Waals surface area contributed by atoms with Gasteiger partial charge in [-0.2, -0.15) is 0 Å². The Balaban J connectivity index is 2.43. The highest BCUT2D eigenvalue weighted by molar-refractivity contribution is 9.10. The number of carbonyl (C=O) groups excluding carboxylic acids is 2. The number of carbonyl (C=O) groups is 2. The van der Waals surface area contributed by atoms with Crippen LogP contribution in [0.1, 0.15) is 55.8 Å². The summed E-state index contributed by atoms with van der Waals surface area (Å²) in [5.41, 5.74) is 0.963. The lowest BCUT2D eigenvalue weighted by Gasteiger charge is -2.05. The van der Waals surface area contributed by atoms with Crippen LogP contribution in [0.3, 0.4) is 0 Å². The van der Waals surface area contributed by atoms with E-state index in [4.69, 9.17) is 0 Å². The molecule has 3 heteroatoms. The Morgan fingerprint density at radius 1 is 1.10 bits per heavy atom. The summed E-state index contributed by atoms with van der Waals surface area (Å²) in [4.78, 5) is 23.9. The number of rotatable bonds is 9. The molecule has 0 atom stereocenters. The molecular formula is C17H21BrO2. The Labute approximate surface area is 129 Å². The summed E-state index contributed by atoms with van der Waals surface area (Å²) in [6.45, 7) is 5.90. The molecule has 0 amide bonds. The first-order valence-electron chi connectivity index (χ1n) is 7.04. The second-order valence-electron chi connectivity index (χ2n) is 4.97. The Morgan fingerprint density at radius 2 is 1.75 bits per heavy atom. The largest absolute Gasteiger partial charge is 0.299 e. The molecule has 1 aromatic carbocycles. The summed E-state index contributed by atoms with van der Waals surface area (Å²) >= 11 is 3.33. The molecule has 0 unspecified atom stereocenters. The van der Waals surface area contributed by atoms with Gasteiger partial charge in [0.15, 0.2) is 5.78 Å². The highest BCUT2D eigenvalue weighted by Crippen LogP contribution is 2.16. The normalized spacial score (nSPS) is 10.3. The van der Waals surface area contributed by atoms with Gasteiger partial charge in [0.2, 0.25) is 0 Å². The predicted octanol–water partition coefficient (Wildman–Crippen LogP) is 5.12. The average molecular weight is 337 g/mol. The Hall–Kier alpha value is -1.22. The molecule has 108 valence electrons. The summed E-state index contributed by atoms with van der Waals surface area (Å²) in [6.07, 6.45) is 5.02. The Kier molecular flexibility index (Phi) is 7.45. The van der Waals surface area contributed by atoms with E-state index in [2.05, 4.69) is 29.4 Å². The molecule has 0 saturated heterocycles. The van der Waals surface area contributed by atoms with E-state index in [1.165, 1.54) is 0 Å². The number of halogens is 1. The van der Waals surface area contributed by atoms with Gasteiger partial charge in [0.05, 0.1) is 0 Å². The van der Waals surface area contributed by atoms with E-state index in [9.17, 15) is 9.59 Å². The van der Waals surface area contributed by atoms with Crippen molar-refractivity contribution >= 4 is 27.5 Å². The predicted molar refractivity (Wildman–Crippen MR) is 86.0 cm³/mol. The van der Waals surface area contributed by atoms with Crippen molar-refractivity contribution in [2.75, 3.05) is 0 Å². The quantitative estimate of drug-likeness (QED) is 0.356. The van der Waals surface area contributed by atoms with Crippen molar-refractivity contribution in [3.05, 3.63) is 46.5 Å². The zero-order valence-corrected chi connectivity index (χ0v) is 13.5. The van der Waals surface area contributed by atoms with Crippen LogP contribution in [-0.2, 0) is 4.79 Å². The van der Waals surface area contributed by atoms with Crippen molar-refractivity contribution < 1.29 is 9.59 Å². The van der Waals surface area contributed by atoms with E-state index in [0.29, 0.717) is 17.6 Å². The van der Waals surface area contributed by atoms with Gasteiger partial charge in [-0.1, -0.05) is 48.7 Å². The molecule has 1 aromatic rings. The number of hydrogen-bond acceptors (Lipinski definition) is 2. The maximum Gasteiger partial charge on any atom is 0.188 e. The second kappa shape index (κ2) is 8.85. The lowest BCUT2D eigenvalue weighted by atomic mass is 9.98. The van der Waals surface area contributed by atoms with E-state index >= 15 is 0 Å². The maximum atomic E-state index is 12.1. The fourth-order valence-corrected chi connectivity index (χ4v) is 2.23. The van der Waals surface area contributed by atoms with Crippen molar-refractivity contribution in [3.63, 3.8) is 0 Å². The first-order valence-corrected chi connectivity index (χ1v) is 7.83. The van der Waals surface area contributed by atoms with E-state index in [0.717, 1.165) is 30.2 Å². The van der Waals surface area contributed by atoms with Gasteiger partial charge >= 0.3 is 0 Å². The second-order valence-corrected chi connectivity index (χ2v) is 5.88. The zero-order chi connectivity index (χ0) is 15.0. The summed E-state index contributed by atoms with van der Waals surface area (Å²) in [5.74, 6) is -0.0315. The fourth-order valence-electron chi connectivity index (χ4n) is 1.96. The molecule has 20 heavy (non-hydrogen) atoms. The minimum atomic E-state index is -0.139. The van der Waals surface area contributed by atoms with E-state index in [1.807, 2.05) is 12.1 Å². The van der Waals surface area contributed by atoms with Crippen molar-refractivity contribution in [3.8, 4) is 0 Å². The van der Waals surface area contributed by atoms with Crippen LogP contribution in [0, 0.1) is 0 Å². The third-order valence-corrected chi connectivity index (χ3v) is 3.68. The smallest absolute Gasteiger partial charge is 0.188 e. The molecule has 2 nitrogen and oxygen atoms in total. The van der Waals surface area contributed by atoms with Gasteiger partial charge in [-0.3, -0.25) is 9.59 Å². The van der Waals surface area contributed by atoms with E-state index < -0.39 is 0 Å². The highest BCUT2D eigenvalue weighted by atomic mass is 79.9. The molecule has 1 rings (SSSR count). The van der Waals surface area contributed by atoms with Crippen LogP contribution in [0.25, 0.3) is 0 Å². The molecule has 0 spiro atoms. The molecular weight excluding hydrogens is 316 g/mol. The first-order chi connectivity index (χ1) is 9.54. The summed E-state index contributed by atoms with van der Waals surface area (Å²) < 4.78 is 0.923. The molecule has 0 aliphatic heterocycles. The van der Waals surface area contributed by atoms with Crippen LogP contribution in [0.15, 0.2) is 40.9 Å². The summed E-state index contributed by atoms with van der Waals surface area (Å²) in [7, 11) is 0. The molecule has 0 aromatic heterocycles. The van der Waals surface area contributed by atoms with Gasteiger partial charge in [-0.25, -0.2) is 0 Å². The number of ketones is 2. The van der Waals surface area contributed by atoms with E-state index in [-0.39, 0.29) is 18.0 Å². The maximum absolute atomic E-state index is 12.1. The molecule has 0 aliphatic carbocycles. The zero-order valence-electron chi connectivity index (χ0n) is 12.0. The minimum Gasteiger partial charge on any atom is -0.299 e. The van der Waals surface area contributed by atoms with Gasteiger partial charge in [0, 0.05) is 28.5 Å². The van der Waals surface area contributed by atoms with Crippen LogP contribution in [0.4, 0.5) is 0 Å². The topological polar surface area (TPSA) is 34.1 Å².